The summed E-state index contributed by atoms with van der Waals surface area (Å²) in [4.78, 5) is 24.5. The van der Waals surface area contributed by atoms with Gasteiger partial charge < -0.3 is 10.2 Å². The molecule has 1 N–H and O–H groups in total. The van der Waals surface area contributed by atoms with Crippen LogP contribution in [0.25, 0.3) is 10.6 Å². The van der Waals surface area contributed by atoms with Crippen LogP contribution in [0, 0.1) is 5.92 Å². The Hall–Kier alpha value is -2.05. The number of hydrogen-bond donors (Lipinski definition) is 1. The zero-order valence-corrected chi connectivity index (χ0v) is 21.4. The molecule has 12 heteroatoms. The number of aromatic nitrogens is 2. The molecule has 2 aromatic heterocycles. The highest BCUT2D eigenvalue weighted by molar-refractivity contribution is 7.81. The first-order valence-corrected chi connectivity index (χ1v) is 14.1. The van der Waals surface area contributed by atoms with Crippen molar-refractivity contribution in [1.82, 2.24) is 19.2 Å². The van der Waals surface area contributed by atoms with Crippen LogP contribution < -0.4 is 5.32 Å². The van der Waals surface area contributed by atoms with Crippen LogP contribution in [0.2, 0.25) is 0 Å². The summed E-state index contributed by atoms with van der Waals surface area (Å²) in [5.74, 6) is 0.370. The number of thiophene rings is 1. The van der Waals surface area contributed by atoms with Crippen LogP contribution in [0.4, 0.5) is 19.1 Å². The fourth-order valence-corrected chi connectivity index (χ4v) is 7.83. The third kappa shape index (κ3) is 4.17. The third-order valence-corrected chi connectivity index (χ3v) is 9.82. The first kappa shape index (κ1) is 24.6. The quantitative estimate of drug-likeness (QED) is 0.620. The molecule has 3 atom stereocenters. The minimum absolute atomic E-state index is 0.0220. The second-order valence-corrected chi connectivity index (χ2v) is 12.1. The van der Waals surface area contributed by atoms with E-state index in [1.165, 1.54) is 11.3 Å². The molecule has 5 heterocycles. The van der Waals surface area contributed by atoms with Gasteiger partial charge in [0.25, 0.3) is 5.91 Å². The van der Waals surface area contributed by atoms with E-state index >= 15 is 0 Å². The monoisotopic (exact) mass is 527 g/mol. The van der Waals surface area contributed by atoms with Gasteiger partial charge in [-0.15, -0.1) is 11.3 Å². The van der Waals surface area contributed by atoms with Gasteiger partial charge in [-0.2, -0.15) is 13.2 Å². The van der Waals surface area contributed by atoms with Gasteiger partial charge in [0.1, 0.15) is 5.56 Å². The fourth-order valence-electron chi connectivity index (χ4n) is 5.67. The maximum atomic E-state index is 13.9. The van der Waals surface area contributed by atoms with E-state index in [1.54, 1.807) is 12.3 Å². The van der Waals surface area contributed by atoms with E-state index in [9.17, 15) is 22.2 Å². The summed E-state index contributed by atoms with van der Waals surface area (Å²) < 4.78 is 55.3. The number of rotatable bonds is 5. The predicted octanol–water partition coefficient (Wildman–Crippen LogP) is 4.49. The van der Waals surface area contributed by atoms with Crippen LogP contribution in [0.3, 0.4) is 0 Å². The average Bonchev–Trinajstić information content (AvgIpc) is 3.45. The van der Waals surface area contributed by atoms with Crippen molar-refractivity contribution in [3.05, 3.63) is 28.3 Å². The van der Waals surface area contributed by atoms with Gasteiger partial charge in [0.2, 0.25) is 5.95 Å². The fraction of sp³-hybridized carbons (Fsp3) is 0.609. The molecule has 5 rings (SSSR count). The summed E-state index contributed by atoms with van der Waals surface area (Å²) in [6.45, 7) is 6.05. The molecule has 0 aliphatic carbocycles. The van der Waals surface area contributed by atoms with Crippen molar-refractivity contribution in [2.75, 3.05) is 31.2 Å². The van der Waals surface area contributed by atoms with Crippen LogP contribution in [0.5, 0.6) is 0 Å². The average molecular weight is 528 g/mol. The molecule has 0 bridgehead atoms. The number of carbonyl (C=O) groups excluding carboxylic acids is 1. The molecular formula is C23H28F3N5O2S2. The Morgan fingerprint density at radius 1 is 1.31 bits per heavy atom. The molecule has 1 amide bonds. The number of carbonyl (C=O) groups is 1. The van der Waals surface area contributed by atoms with E-state index in [2.05, 4.69) is 22.2 Å². The first-order valence-electron chi connectivity index (χ1n) is 11.8. The molecule has 7 nitrogen and oxygen atoms in total. The van der Waals surface area contributed by atoms with Crippen LogP contribution in [-0.4, -0.2) is 61.2 Å². The van der Waals surface area contributed by atoms with Gasteiger partial charge in [0.15, 0.2) is 0 Å². The van der Waals surface area contributed by atoms with Gasteiger partial charge in [-0.25, -0.2) is 18.5 Å². The molecule has 2 fully saturated rings. The van der Waals surface area contributed by atoms with Gasteiger partial charge in [0.05, 0.1) is 32.7 Å². The zero-order chi connectivity index (χ0) is 25.1. The van der Waals surface area contributed by atoms with Crippen LogP contribution >= 0.6 is 11.3 Å². The smallest absolute Gasteiger partial charge is 0.351 e. The Morgan fingerprint density at radius 2 is 2.03 bits per heavy atom. The molecule has 0 radical (unpaired) electrons. The molecule has 3 aliphatic rings. The second-order valence-electron chi connectivity index (χ2n) is 9.69. The third-order valence-electron chi connectivity index (χ3n) is 7.39. The summed E-state index contributed by atoms with van der Waals surface area (Å²) >= 11 is 1.25. The molecule has 2 aromatic rings. The van der Waals surface area contributed by atoms with E-state index in [-0.39, 0.29) is 23.6 Å². The van der Waals surface area contributed by atoms with Crippen molar-refractivity contribution in [2.24, 2.45) is 5.92 Å². The molecule has 2 saturated heterocycles. The Kier molecular flexibility index (Phi) is 6.20. The standard InChI is InChI=1S/C23H28F3N5O2S2/c1-4-22-10-13(2)12-31(22)20(32)15-9-17(34-19(15)22)18-16(23(24,25)26)11-27-21(29-18)28-14-5-7-30(8-6-14)35(3)33/h9,11,13-14H,4-8,10,12H2,1-3H3,(H,27,28,29). The number of amides is 1. The van der Waals surface area contributed by atoms with Gasteiger partial charge in [0, 0.05) is 43.0 Å². The molecule has 35 heavy (non-hydrogen) atoms. The number of nitrogens with one attached hydrogen (secondary N) is 1. The number of alkyl halides is 3. The highest BCUT2D eigenvalue weighted by Gasteiger charge is 2.55. The Labute approximate surface area is 208 Å². The normalized spacial score (nSPS) is 26.2. The van der Waals surface area contributed by atoms with Crippen LogP contribution in [-0.2, 0) is 22.7 Å². The number of nitrogens with zero attached hydrogens (tertiary/aromatic N) is 4. The number of piperidine rings is 1. The second kappa shape index (κ2) is 8.81. The Balaban J connectivity index is 1.49. The van der Waals surface area contributed by atoms with Gasteiger partial charge in [-0.05, 0) is 37.7 Å². The number of halogens is 3. The lowest BCUT2D eigenvalue weighted by atomic mass is 9.89. The molecule has 0 saturated carbocycles. The molecular weight excluding hydrogens is 499 g/mol. The van der Waals surface area contributed by atoms with Crippen LogP contribution in [0.15, 0.2) is 12.3 Å². The van der Waals surface area contributed by atoms with Crippen molar-refractivity contribution in [2.45, 2.75) is 57.3 Å². The van der Waals surface area contributed by atoms with E-state index < -0.39 is 28.3 Å². The van der Waals surface area contributed by atoms with Crippen LogP contribution in [0.1, 0.15) is 60.3 Å². The molecule has 0 aromatic carbocycles. The lowest BCUT2D eigenvalue weighted by Crippen LogP contribution is -2.39. The minimum Gasteiger partial charge on any atom is -0.351 e. The van der Waals surface area contributed by atoms with E-state index in [4.69, 9.17) is 0 Å². The van der Waals surface area contributed by atoms with Crippen molar-refractivity contribution in [1.29, 1.82) is 0 Å². The highest BCUT2D eigenvalue weighted by atomic mass is 32.2. The molecule has 190 valence electrons. The maximum absolute atomic E-state index is 13.9. The summed E-state index contributed by atoms with van der Waals surface area (Å²) in [6, 6.07) is 1.56. The highest BCUT2D eigenvalue weighted by Crippen LogP contribution is 2.55. The topological polar surface area (TPSA) is 78.4 Å². The summed E-state index contributed by atoms with van der Waals surface area (Å²) in [5, 5.41) is 3.16. The number of fused-ring (bicyclic) bond motifs is 3. The van der Waals surface area contributed by atoms with E-state index in [0.29, 0.717) is 48.8 Å². The predicted molar refractivity (Wildman–Crippen MR) is 129 cm³/mol. The van der Waals surface area contributed by atoms with Crippen molar-refractivity contribution in [3.8, 4) is 10.6 Å². The summed E-state index contributed by atoms with van der Waals surface area (Å²) in [6.07, 6.45) is 0.747. The number of anilines is 1. The van der Waals surface area contributed by atoms with E-state index in [1.807, 2.05) is 16.1 Å². The number of hydrogen-bond acceptors (Lipinski definition) is 6. The van der Waals surface area contributed by atoms with Gasteiger partial charge in [-0.3, -0.25) is 4.79 Å². The zero-order valence-electron chi connectivity index (χ0n) is 19.8. The van der Waals surface area contributed by atoms with Crippen molar-refractivity contribution in [3.63, 3.8) is 0 Å². The molecule has 3 aliphatic heterocycles. The maximum Gasteiger partial charge on any atom is 0.420 e. The van der Waals surface area contributed by atoms with Gasteiger partial charge in [-0.1, -0.05) is 13.8 Å². The lowest BCUT2D eigenvalue weighted by molar-refractivity contribution is -0.137. The minimum atomic E-state index is -4.63. The largest absolute Gasteiger partial charge is 0.420 e. The SMILES string of the molecule is CCC12CC(C)CN1C(=O)c1cc(-c3nc(NC4CCN(S(C)=O)CC4)ncc3C(F)(F)F)sc12. The first-order chi connectivity index (χ1) is 16.5. The summed E-state index contributed by atoms with van der Waals surface area (Å²) in [7, 11) is -1.04. The molecule has 0 spiro atoms. The molecule has 3 unspecified atom stereocenters. The van der Waals surface area contributed by atoms with E-state index in [0.717, 1.165) is 23.9 Å². The van der Waals surface area contributed by atoms with Crippen molar-refractivity contribution < 1.29 is 22.2 Å². The lowest BCUT2D eigenvalue weighted by Gasteiger charge is -2.31. The Bertz CT molecular complexity index is 1180. The van der Waals surface area contributed by atoms with Gasteiger partial charge >= 0.3 is 6.18 Å². The Morgan fingerprint density at radius 3 is 2.66 bits per heavy atom. The summed E-state index contributed by atoms with van der Waals surface area (Å²) in [5.41, 5.74) is -1.04. The van der Waals surface area contributed by atoms with Crippen molar-refractivity contribution >= 4 is 34.2 Å².